The summed E-state index contributed by atoms with van der Waals surface area (Å²) in [6, 6.07) is 0. The predicted molar refractivity (Wildman–Crippen MR) is 173 cm³/mol. The highest BCUT2D eigenvalue weighted by molar-refractivity contribution is 5.96. The van der Waals surface area contributed by atoms with E-state index in [1.807, 2.05) is 20.8 Å². The molecule has 0 aromatic rings. The van der Waals surface area contributed by atoms with Crippen molar-refractivity contribution in [2.24, 2.45) is 17.8 Å². The van der Waals surface area contributed by atoms with Crippen LogP contribution in [0, 0.1) is 17.8 Å². The Morgan fingerprint density at radius 1 is 0.837 bits per heavy atom. The predicted octanol–water partition coefficient (Wildman–Crippen LogP) is 1.46. The van der Waals surface area contributed by atoms with Gasteiger partial charge < -0.3 is 58.0 Å². The number of aliphatic hydroxyl groups excluding tert-OH is 2. The average Bonchev–Trinajstić information content (AvgIpc) is 3.82. The van der Waals surface area contributed by atoms with Gasteiger partial charge in [-0.1, -0.05) is 19.9 Å². The maximum Gasteiger partial charge on any atom is 0.330 e. The molecule has 0 aliphatic carbocycles. The first-order chi connectivity index (χ1) is 23.1. The van der Waals surface area contributed by atoms with E-state index < -0.39 is 109 Å². The summed E-state index contributed by atoms with van der Waals surface area (Å²) in [4.78, 5) is 26.5. The van der Waals surface area contributed by atoms with Crippen molar-refractivity contribution in [2.75, 3.05) is 27.9 Å². The third-order valence-corrected chi connectivity index (χ3v) is 10.1. The molecule has 4 rings (SSSR count). The van der Waals surface area contributed by atoms with Crippen molar-refractivity contribution in [1.29, 1.82) is 0 Å². The number of epoxide rings is 1. The fourth-order valence-corrected chi connectivity index (χ4v) is 7.12. The van der Waals surface area contributed by atoms with Crippen LogP contribution in [0.4, 0.5) is 0 Å². The molecule has 14 heteroatoms. The second-order valence-corrected chi connectivity index (χ2v) is 14.1. The standard InChI is InChI=1S/C35H56O14/c1-17-10-13-26(37)46-20(4)22(16-44-34-32(43-9)31(42-8)27(38)21(5)47-34)30-23(48-30)11-12-25(36)35(6,40)15-18(2)29(17)49-33-28(39)24(41-7)14-19(3)45-33/h10-13,17-24,27-34,38-40H,14-16H2,1-9H3/b12-11+,13-10+/t17-,18+,19-,20-,21+,22+,23+,24+,27+,28-,29-,30-,31+,32+,33+,34+,35-/m0/s1. The van der Waals surface area contributed by atoms with Gasteiger partial charge in [0, 0.05) is 45.7 Å². The van der Waals surface area contributed by atoms with Crippen LogP contribution in [0.15, 0.2) is 24.3 Å². The molecule has 49 heavy (non-hydrogen) atoms. The number of esters is 1. The molecule has 0 aromatic carbocycles. The number of aliphatic hydroxyl groups is 3. The van der Waals surface area contributed by atoms with Gasteiger partial charge in [0.1, 0.15) is 42.2 Å². The monoisotopic (exact) mass is 700 g/mol. The molecule has 14 nitrogen and oxygen atoms in total. The number of carbonyl (C=O) groups excluding carboxylic acids is 2. The highest BCUT2D eigenvalue weighted by Gasteiger charge is 2.50. The topological polar surface area (TPSA) is 181 Å². The third kappa shape index (κ3) is 9.74. The van der Waals surface area contributed by atoms with Crippen molar-refractivity contribution >= 4 is 11.8 Å². The summed E-state index contributed by atoms with van der Waals surface area (Å²) in [5.74, 6) is -2.45. The second kappa shape index (κ2) is 17.1. The van der Waals surface area contributed by atoms with E-state index in [0.717, 1.165) is 0 Å². The molecule has 4 aliphatic rings. The first-order valence-corrected chi connectivity index (χ1v) is 17.1. The molecular weight excluding hydrogens is 644 g/mol. The molecule has 4 aliphatic heterocycles. The van der Waals surface area contributed by atoms with Crippen molar-refractivity contribution in [3.8, 4) is 0 Å². The second-order valence-electron chi connectivity index (χ2n) is 14.1. The first kappa shape index (κ1) is 40.0. The van der Waals surface area contributed by atoms with Gasteiger partial charge >= 0.3 is 5.97 Å². The van der Waals surface area contributed by atoms with Gasteiger partial charge in [-0.15, -0.1) is 0 Å². The Kier molecular flexibility index (Phi) is 14.0. The minimum Gasteiger partial charge on any atom is -0.459 e. The maximum atomic E-state index is 13.3. The zero-order chi connectivity index (χ0) is 36.2. The SMILES string of the molecule is CO[C@@H]1[C@H](O)[C@@H](C)O[C@@H](OC[C@H]2[C@@H]3O[C@@H]3/C=C/C(=O)[C@@](C)(O)C[C@@H](C)[C@@H](O[C@H]3O[C@@H](C)C[C@@H](OC)[C@@H]3O)[C@@H](C)/C=C/C(=O)O[C@H]2C)[C@@H]1OC. The maximum absolute atomic E-state index is 13.3. The van der Waals surface area contributed by atoms with Crippen LogP contribution >= 0.6 is 0 Å². The highest BCUT2D eigenvalue weighted by atomic mass is 16.7. The van der Waals surface area contributed by atoms with Crippen LogP contribution in [0.1, 0.15) is 54.4 Å². The van der Waals surface area contributed by atoms with Gasteiger partial charge in [-0.3, -0.25) is 4.79 Å². The summed E-state index contributed by atoms with van der Waals surface area (Å²) < 4.78 is 52.6. The van der Waals surface area contributed by atoms with Gasteiger partial charge in [0.25, 0.3) is 0 Å². The van der Waals surface area contributed by atoms with E-state index in [-0.39, 0.29) is 19.1 Å². The van der Waals surface area contributed by atoms with Crippen molar-refractivity contribution in [1.82, 2.24) is 0 Å². The lowest BCUT2D eigenvalue weighted by Crippen LogP contribution is -2.59. The number of ketones is 1. The molecule has 0 aromatic heterocycles. The third-order valence-electron chi connectivity index (χ3n) is 10.1. The number of methoxy groups -OCH3 is 3. The van der Waals surface area contributed by atoms with Crippen molar-refractivity contribution in [2.45, 2.75) is 140 Å². The minimum atomic E-state index is -1.75. The van der Waals surface area contributed by atoms with Crippen molar-refractivity contribution in [3.63, 3.8) is 0 Å². The number of rotatable bonds is 8. The smallest absolute Gasteiger partial charge is 0.330 e. The van der Waals surface area contributed by atoms with E-state index in [0.29, 0.717) is 6.42 Å². The molecule has 0 saturated carbocycles. The lowest BCUT2D eigenvalue weighted by atomic mass is 9.82. The number of cyclic esters (lactones) is 1. The Labute approximate surface area is 288 Å². The molecule has 0 amide bonds. The fraction of sp³-hybridized carbons (Fsp3) is 0.829. The summed E-state index contributed by atoms with van der Waals surface area (Å²) >= 11 is 0. The summed E-state index contributed by atoms with van der Waals surface area (Å²) in [6.07, 6.45) is -2.67. The van der Waals surface area contributed by atoms with Crippen molar-refractivity contribution < 1.29 is 67.5 Å². The van der Waals surface area contributed by atoms with Gasteiger partial charge in [-0.05, 0) is 52.2 Å². The zero-order valence-corrected chi connectivity index (χ0v) is 30.0. The van der Waals surface area contributed by atoms with E-state index in [1.54, 1.807) is 26.0 Å². The number of fused-ring (bicyclic) bond motifs is 1. The highest BCUT2D eigenvalue weighted by Crippen LogP contribution is 2.37. The Bertz CT molecular complexity index is 1160. The summed E-state index contributed by atoms with van der Waals surface area (Å²) in [6.45, 7) is 10.4. The molecule has 0 radical (unpaired) electrons. The summed E-state index contributed by atoms with van der Waals surface area (Å²) in [5.41, 5.74) is -1.75. The van der Waals surface area contributed by atoms with Crippen LogP contribution in [0.25, 0.3) is 0 Å². The molecular formula is C35H56O14. The Morgan fingerprint density at radius 3 is 2.18 bits per heavy atom. The van der Waals surface area contributed by atoms with E-state index >= 15 is 0 Å². The van der Waals surface area contributed by atoms with Crippen LogP contribution in [0.5, 0.6) is 0 Å². The number of hydrogen-bond acceptors (Lipinski definition) is 14. The Morgan fingerprint density at radius 2 is 1.53 bits per heavy atom. The summed E-state index contributed by atoms with van der Waals surface area (Å²) in [7, 11) is 4.46. The molecule has 3 fully saturated rings. The van der Waals surface area contributed by atoms with Crippen LogP contribution in [-0.2, 0) is 52.2 Å². The normalized spacial score (nSPS) is 48.3. The van der Waals surface area contributed by atoms with Gasteiger partial charge in [-0.2, -0.15) is 0 Å². The van der Waals surface area contributed by atoms with Gasteiger partial charge in [0.2, 0.25) is 0 Å². The van der Waals surface area contributed by atoms with Gasteiger partial charge in [-0.25, -0.2) is 4.79 Å². The Balaban J connectivity index is 1.56. The van der Waals surface area contributed by atoms with Crippen LogP contribution in [-0.4, -0.2) is 140 Å². The number of carbonyl (C=O) groups is 2. The average molecular weight is 701 g/mol. The molecule has 280 valence electrons. The minimum absolute atomic E-state index is 0.0234. The molecule has 0 unspecified atom stereocenters. The van der Waals surface area contributed by atoms with E-state index in [4.69, 9.17) is 42.6 Å². The molecule has 3 saturated heterocycles. The Hall–Kier alpha value is -1.82. The first-order valence-electron chi connectivity index (χ1n) is 17.1. The van der Waals surface area contributed by atoms with Crippen molar-refractivity contribution in [3.05, 3.63) is 24.3 Å². The van der Waals surface area contributed by atoms with Crippen LogP contribution in [0.2, 0.25) is 0 Å². The molecule has 0 spiro atoms. The summed E-state index contributed by atoms with van der Waals surface area (Å²) in [5, 5.41) is 32.8. The molecule has 0 bridgehead atoms. The molecule has 4 heterocycles. The lowest BCUT2D eigenvalue weighted by molar-refractivity contribution is -0.305. The van der Waals surface area contributed by atoms with Gasteiger partial charge in [0.05, 0.1) is 37.1 Å². The van der Waals surface area contributed by atoms with Gasteiger partial charge in [0.15, 0.2) is 18.4 Å². The number of hydrogen-bond donors (Lipinski definition) is 3. The molecule has 3 N–H and O–H groups in total. The fourth-order valence-electron chi connectivity index (χ4n) is 7.12. The zero-order valence-electron chi connectivity index (χ0n) is 30.0. The van der Waals surface area contributed by atoms with E-state index in [1.165, 1.54) is 40.4 Å². The van der Waals surface area contributed by atoms with E-state index in [2.05, 4.69) is 0 Å². The van der Waals surface area contributed by atoms with Crippen LogP contribution < -0.4 is 0 Å². The van der Waals surface area contributed by atoms with E-state index in [9.17, 15) is 24.9 Å². The van der Waals surface area contributed by atoms with Crippen LogP contribution in [0.3, 0.4) is 0 Å². The lowest BCUT2D eigenvalue weighted by Gasteiger charge is -2.42. The quantitative estimate of drug-likeness (QED) is 0.245. The molecule has 17 atom stereocenters. The largest absolute Gasteiger partial charge is 0.459 e. The number of ether oxygens (including phenoxy) is 9.